The minimum atomic E-state index is -1.04. The lowest BCUT2D eigenvalue weighted by molar-refractivity contribution is 0.0688. The highest BCUT2D eigenvalue weighted by molar-refractivity contribution is 6.00. The fraction of sp³-hybridized carbons (Fsp3) is 0.200. The second kappa shape index (κ2) is 11.0. The zero-order chi connectivity index (χ0) is 25.6. The van der Waals surface area contributed by atoms with Crippen molar-refractivity contribution in [2.75, 3.05) is 18.1 Å². The lowest BCUT2D eigenvalue weighted by Crippen LogP contribution is -2.41. The molecule has 0 bridgehead atoms. The Bertz CT molecular complexity index is 1470. The van der Waals surface area contributed by atoms with Gasteiger partial charge in [0.2, 0.25) is 0 Å². The molecule has 188 valence electrons. The second-order valence-electron chi connectivity index (χ2n) is 8.62. The number of anilines is 1. The van der Waals surface area contributed by atoms with Crippen molar-refractivity contribution < 1.29 is 23.8 Å². The standard InChI is InChI=1S/C30H28N2O5/c1-2-27(37-28-23-14-7-6-11-21(23)17-18-24(28)29(33)34)32(19-10-20-35-22-12-4-3-5-13-22)30-31-25-15-8-9-16-26(25)36-30/h3-9,11-18,27H,2,10,19-20H2,1H3,(H,33,34). The maximum atomic E-state index is 12.1. The van der Waals surface area contributed by atoms with Gasteiger partial charge in [-0.05, 0) is 42.1 Å². The van der Waals surface area contributed by atoms with Crippen molar-refractivity contribution in [3.05, 3.63) is 96.6 Å². The monoisotopic (exact) mass is 496 g/mol. The third-order valence-electron chi connectivity index (χ3n) is 6.14. The highest BCUT2D eigenvalue weighted by Crippen LogP contribution is 2.33. The zero-order valence-corrected chi connectivity index (χ0v) is 20.5. The van der Waals surface area contributed by atoms with E-state index in [0.717, 1.165) is 22.0 Å². The largest absolute Gasteiger partial charge is 0.494 e. The van der Waals surface area contributed by atoms with Crippen molar-refractivity contribution in [3.63, 3.8) is 0 Å². The van der Waals surface area contributed by atoms with Gasteiger partial charge in [0.1, 0.15) is 22.6 Å². The van der Waals surface area contributed by atoms with E-state index in [2.05, 4.69) is 0 Å². The summed E-state index contributed by atoms with van der Waals surface area (Å²) in [6, 6.07) is 28.7. The Balaban J connectivity index is 1.46. The number of carbonyl (C=O) groups is 1. The van der Waals surface area contributed by atoms with E-state index in [0.29, 0.717) is 43.3 Å². The molecule has 0 radical (unpaired) electrons. The number of benzene rings is 4. The molecule has 7 heteroatoms. The van der Waals surface area contributed by atoms with Crippen molar-refractivity contribution in [1.82, 2.24) is 4.98 Å². The molecule has 1 aromatic heterocycles. The van der Waals surface area contributed by atoms with Gasteiger partial charge in [-0.1, -0.05) is 67.6 Å². The molecule has 0 saturated heterocycles. The van der Waals surface area contributed by atoms with Gasteiger partial charge < -0.3 is 19.0 Å². The number of aromatic nitrogens is 1. The fourth-order valence-electron chi connectivity index (χ4n) is 4.33. The highest BCUT2D eigenvalue weighted by Gasteiger charge is 2.26. The molecule has 1 N–H and O–H groups in total. The number of fused-ring (bicyclic) bond motifs is 2. The van der Waals surface area contributed by atoms with Crippen LogP contribution >= 0.6 is 0 Å². The average Bonchev–Trinajstić information content (AvgIpc) is 3.36. The van der Waals surface area contributed by atoms with E-state index < -0.39 is 12.2 Å². The van der Waals surface area contributed by atoms with Crippen LogP contribution in [-0.2, 0) is 0 Å². The molecule has 0 spiro atoms. The predicted molar refractivity (Wildman–Crippen MR) is 144 cm³/mol. The van der Waals surface area contributed by atoms with E-state index >= 15 is 0 Å². The smallest absolute Gasteiger partial charge is 0.339 e. The summed E-state index contributed by atoms with van der Waals surface area (Å²) >= 11 is 0. The van der Waals surface area contributed by atoms with Crippen molar-refractivity contribution in [2.24, 2.45) is 0 Å². The summed E-state index contributed by atoms with van der Waals surface area (Å²) in [5.41, 5.74) is 1.53. The molecule has 0 amide bonds. The summed E-state index contributed by atoms with van der Waals surface area (Å²) < 4.78 is 18.5. The van der Waals surface area contributed by atoms with Crippen molar-refractivity contribution in [3.8, 4) is 11.5 Å². The molecule has 1 unspecified atom stereocenters. The van der Waals surface area contributed by atoms with E-state index in [-0.39, 0.29) is 5.56 Å². The van der Waals surface area contributed by atoms with Gasteiger partial charge in [-0.3, -0.25) is 4.90 Å². The van der Waals surface area contributed by atoms with Crippen LogP contribution in [0.3, 0.4) is 0 Å². The summed E-state index contributed by atoms with van der Waals surface area (Å²) in [4.78, 5) is 18.7. The number of para-hydroxylation sites is 3. The molecular formula is C30H28N2O5. The Morgan fingerprint density at radius 3 is 2.51 bits per heavy atom. The maximum Gasteiger partial charge on any atom is 0.339 e. The van der Waals surface area contributed by atoms with Gasteiger partial charge in [-0.25, -0.2) is 4.79 Å². The number of rotatable bonds is 11. The quantitative estimate of drug-likeness (QED) is 0.160. The number of aromatic carboxylic acids is 1. The minimum absolute atomic E-state index is 0.113. The Morgan fingerprint density at radius 2 is 1.73 bits per heavy atom. The average molecular weight is 497 g/mol. The fourth-order valence-corrected chi connectivity index (χ4v) is 4.33. The zero-order valence-electron chi connectivity index (χ0n) is 20.5. The Labute approximate surface area is 214 Å². The topological polar surface area (TPSA) is 85.0 Å². The van der Waals surface area contributed by atoms with Crippen LogP contribution in [0.15, 0.2) is 95.4 Å². The first-order valence-corrected chi connectivity index (χ1v) is 12.4. The summed E-state index contributed by atoms with van der Waals surface area (Å²) in [5, 5.41) is 11.5. The number of oxazole rings is 1. The second-order valence-corrected chi connectivity index (χ2v) is 8.62. The number of nitrogens with zero attached hydrogens (tertiary/aromatic N) is 2. The van der Waals surface area contributed by atoms with Crippen molar-refractivity contribution in [1.29, 1.82) is 0 Å². The van der Waals surface area contributed by atoms with E-state index in [1.165, 1.54) is 0 Å². The summed E-state index contributed by atoms with van der Waals surface area (Å²) in [6.45, 7) is 3.02. The first-order chi connectivity index (χ1) is 18.1. The first kappa shape index (κ1) is 24.2. The van der Waals surface area contributed by atoms with Crippen molar-refractivity contribution >= 4 is 33.9 Å². The highest BCUT2D eigenvalue weighted by atomic mass is 16.5. The molecule has 4 aromatic carbocycles. The van der Waals surface area contributed by atoms with Gasteiger partial charge in [0.25, 0.3) is 0 Å². The Hall–Kier alpha value is -4.52. The van der Waals surface area contributed by atoms with Gasteiger partial charge in [0.15, 0.2) is 11.8 Å². The molecule has 1 atom stereocenters. The summed E-state index contributed by atoms with van der Waals surface area (Å²) in [6.07, 6.45) is 0.726. The molecule has 37 heavy (non-hydrogen) atoms. The van der Waals surface area contributed by atoms with E-state index in [1.807, 2.05) is 90.7 Å². The lowest BCUT2D eigenvalue weighted by Gasteiger charge is -2.31. The van der Waals surface area contributed by atoms with Crippen LogP contribution in [0.25, 0.3) is 21.9 Å². The molecule has 0 aliphatic heterocycles. The molecule has 0 aliphatic carbocycles. The van der Waals surface area contributed by atoms with Gasteiger partial charge in [-0.2, -0.15) is 4.98 Å². The Morgan fingerprint density at radius 1 is 0.973 bits per heavy atom. The lowest BCUT2D eigenvalue weighted by atomic mass is 10.1. The molecule has 0 aliphatic rings. The van der Waals surface area contributed by atoms with Crippen LogP contribution in [0.2, 0.25) is 0 Å². The van der Waals surface area contributed by atoms with Gasteiger partial charge >= 0.3 is 12.0 Å². The number of hydrogen-bond acceptors (Lipinski definition) is 6. The number of ether oxygens (including phenoxy) is 2. The molecule has 1 heterocycles. The molecule has 5 rings (SSSR count). The molecule has 7 nitrogen and oxygen atoms in total. The third kappa shape index (κ3) is 5.35. The van der Waals surface area contributed by atoms with Crippen LogP contribution in [0.4, 0.5) is 6.01 Å². The van der Waals surface area contributed by atoms with Crippen LogP contribution < -0.4 is 14.4 Å². The van der Waals surface area contributed by atoms with Gasteiger partial charge in [0, 0.05) is 18.4 Å². The predicted octanol–water partition coefficient (Wildman–Crippen LogP) is 6.77. The maximum absolute atomic E-state index is 12.1. The van der Waals surface area contributed by atoms with E-state index in [9.17, 15) is 9.90 Å². The normalized spacial score (nSPS) is 11.9. The number of carboxylic acid groups (broad SMARTS) is 1. The van der Waals surface area contributed by atoms with Crippen LogP contribution in [0.5, 0.6) is 11.5 Å². The number of hydrogen-bond donors (Lipinski definition) is 1. The van der Waals surface area contributed by atoms with E-state index in [1.54, 1.807) is 12.1 Å². The van der Waals surface area contributed by atoms with Crippen molar-refractivity contribution in [2.45, 2.75) is 26.0 Å². The molecule has 0 fully saturated rings. The minimum Gasteiger partial charge on any atom is -0.494 e. The molecule has 0 saturated carbocycles. The molecular weight excluding hydrogens is 468 g/mol. The van der Waals surface area contributed by atoms with E-state index in [4.69, 9.17) is 18.9 Å². The van der Waals surface area contributed by atoms with Crippen LogP contribution in [0, 0.1) is 0 Å². The molecule has 5 aromatic rings. The van der Waals surface area contributed by atoms with Crippen LogP contribution in [0.1, 0.15) is 30.1 Å². The summed E-state index contributed by atoms with van der Waals surface area (Å²) in [7, 11) is 0. The van der Waals surface area contributed by atoms with Crippen LogP contribution in [-0.4, -0.2) is 35.4 Å². The third-order valence-corrected chi connectivity index (χ3v) is 6.14. The SMILES string of the molecule is CCC(Oc1c(C(=O)O)ccc2ccccc12)N(CCCOc1ccccc1)c1nc2ccccc2o1. The van der Waals surface area contributed by atoms with Gasteiger partial charge in [0.05, 0.1) is 6.61 Å². The van der Waals surface area contributed by atoms with Gasteiger partial charge in [-0.15, -0.1) is 0 Å². The number of carboxylic acids is 1. The first-order valence-electron chi connectivity index (χ1n) is 12.4. The summed E-state index contributed by atoms with van der Waals surface area (Å²) in [5.74, 6) is 0.0976. The Kier molecular flexibility index (Phi) is 7.21.